The summed E-state index contributed by atoms with van der Waals surface area (Å²) in [5.74, 6) is 0.339. The molecule has 0 aliphatic carbocycles. The van der Waals surface area contributed by atoms with E-state index in [-0.39, 0.29) is 17.5 Å². The fourth-order valence-electron chi connectivity index (χ4n) is 2.92. The van der Waals surface area contributed by atoms with E-state index in [2.05, 4.69) is 4.90 Å². The van der Waals surface area contributed by atoms with Crippen LogP contribution in [-0.4, -0.2) is 44.0 Å². The van der Waals surface area contributed by atoms with Gasteiger partial charge in [0.25, 0.3) is 0 Å². The highest BCUT2D eigenvalue weighted by molar-refractivity contribution is 7.91. The van der Waals surface area contributed by atoms with Gasteiger partial charge in [0.2, 0.25) is 0 Å². The minimum Gasteiger partial charge on any atom is -0.329 e. The molecule has 1 aliphatic heterocycles. The molecule has 2 atom stereocenters. The maximum atomic E-state index is 11.8. The van der Waals surface area contributed by atoms with Gasteiger partial charge in [-0.15, -0.1) is 0 Å². The van der Waals surface area contributed by atoms with Crippen molar-refractivity contribution in [2.75, 3.05) is 25.1 Å². The molecule has 2 unspecified atom stereocenters. The first kappa shape index (κ1) is 15.8. The second-order valence-corrected chi connectivity index (χ2v) is 8.17. The standard InChI is InChI=1S/C14H21ClN2O2S/c1-11(12-5-3-4-6-13(12)15)17(2)14(9-16)7-8-20(18,19)10-14/h3-6,11H,7-10,16H2,1-2H3. The number of hydrogen-bond donors (Lipinski definition) is 1. The highest BCUT2D eigenvalue weighted by atomic mass is 35.5. The molecule has 0 amide bonds. The van der Waals surface area contributed by atoms with Gasteiger partial charge in [0.1, 0.15) is 0 Å². The zero-order valence-corrected chi connectivity index (χ0v) is 13.4. The van der Waals surface area contributed by atoms with E-state index >= 15 is 0 Å². The van der Waals surface area contributed by atoms with Crippen LogP contribution in [0.25, 0.3) is 0 Å². The molecule has 1 aliphatic rings. The molecular weight excluding hydrogens is 296 g/mol. The Kier molecular flexibility index (Phi) is 4.44. The van der Waals surface area contributed by atoms with Gasteiger partial charge in [-0.1, -0.05) is 29.8 Å². The zero-order valence-electron chi connectivity index (χ0n) is 11.8. The fraction of sp³-hybridized carbons (Fsp3) is 0.571. The van der Waals surface area contributed by atoms with Crippen LogP contribution in [0.1, 0.15) is 24.9 Å². The van der Waals surface area contributed by atoms with E-state index in [1.807, 2.05) is 38.2 Å². The second kappa shape index (κ2) is 5.64. The summed E-state index contributed by atoms with van der Waals surface area (Å²) in [4.78, 5) is 2.07. The molecule has 0 spiro atoms. The Morgan fingerprint density at radius 1 is 1.45 bits per heavy atom. The molecule has 6 heteroatoms. The smallest absolute Gasteiger partial charge is 0.152 e. The Hall–Kier alpha value is -0.620. The van der Waals surface area contributed by atoms with Gasteiger partial charge in [-0.2, -0.15) is 0 Å². The van der Waals surface area contributed by atoms with Crippen molar-refractivity contribution in [3.05, 3.63) is 34.9 Å². The van der Waals surface area contributed by atoms with E-state index in [0.717, 1.165) is 5.56 Å². The number of rotatable bonds is 4. The number of sulfone groups is 1. The molecule has 2 rings (SSSR count). The lowest BCUT2D eigenvalue weighted by molar-refractivity contribution is 0.106. The molecule has 0 saturated carbocycles. The zero-order chi connectivity index (χ0) is 15.0. The van der Waals surface area contributed by atoms with Crippen molar-refractivity contribution in [3.63, 3.8) is 0 Å². The first-order valence-electron chi connectivity index (χ1n) is 6.69. The van der Waals surface area contributed by atoms with E-state index in [9.17, 15) is 8.42 Å². The van der Waals surface area contributed by atoms with Gasteiger partial charge in [0, 0.05) is 23.1 Å². The lowest BCUT2D eigenvalue weighted by Crippen LogP contribution is -2.53. The summed E-state index contributed by atoms with van der Waals surface area (Å²) < 4.78 is 23.7. The van der Waals surface area contributed by atoms with Gasteiger partial charge in [0.15, 0.2) is 9.84 Å². The predicted octanol–water partition coefficient (Wildman–Crippen LogP) is 1.85. The van der Waals surface area contributed by atoms with Crippen LogP contribution >= 0.6 is 11.6 Å². The molecule has 4 nitrogen and oxygen atoms in total. The van der Waals surface area contributed by atoms with Crippen LogP contribution < -0.4 is 5.73 Å². The number of likely N-dealkylation sites (N-methyl/N-ethyl adjacent to an activating group) is 1. The van der Waals surface area contributed by atoms with Crippen LogP contribution in [0.5, 0.6) is 0 Å². The van der Waals surface area contributed by atoms with E-state index < -0.39 is 15.4 Å². The summed E-state index contributed by atoms with van der Waals surface area (Å²) in [5.41, 5.74) is 6.41. The summed E-state index contributed by atoms with van der Waals surface area (Å²) in [7, 11) is -1.06. The van der Waals surface area contributed by atoms with E-state index in [1.165, 1.54) is 0 Å². The monoisotopic (exact) mass is 316 g/mol. The lowest BCUT2D eigenvalue weighted by Gasteiger charge is -2.41. The van der Waals surface area contributed by atoms with Gasteiger partial charge in [-0.05, 0) is 32.0 Å². The SMILES string of the molecule is CC(c1ccccc1Cl)N(C)C1(CN)CCS(=O)(=O)C1. The molecule has 2 N–H and O–H groups in total. The average Bonchev–Trinajstić information content (AvgIpc) is 2.74. The molecule has 112 valence electrons. The maximum Gasteiger partial charge on any atom is 0.152 e. The van der Waals surface area contributed by atoms with Gasteiger partial charge < -0.3 is 5.73 Å². The number of benzene rings is 1. The number of nitrogens with two attached hydrogens (primary N) is 1. The number of nitrogens with zero attached hydrogens (tertiary/aromatic N) is 1. The molecule has 0 radical (unpaired) electrons. The Bertz CT molecular complexity index is 591. The molecule has 1 saturated heterocycles. The van der Waals surface area contributed by atoms with Crippen molar-refractivity contribution < 1.29 is 8.42 Å². The summed E-state index contributed by atoms with van der Waals surface area (Å²) in [5, 5.41) is 0.694. The van der Waals surface area contributed by atoms with Crippen molar-refractivity contribution >= 4 is 21.4 Å². The molecular formula is C14H21ClN2O2S. The summed E-state index contributed by atoms with van der Waals surface area (Å²) >= 11 is 6.24. The topological polar surface area (TPSA) is 63.4 Å². The van der Waals surface area contributed by atoms with Crippen molar-refractivity contribution in [2.45, 2.75) is 24.9 Å². The predicted molar refractivity (Wildman–Crippen MR) is 82.7 cm³/mol. The summed E-state index contributed by atoms with van der Waals surface area (Å²) in [6.07, 6.45) is 0.580. The molecule has 1 aromatic carbocycles. The minimum absolute atomic E-state index is 0.0144. The normalized spacial score (nSPS) is 26.9. The van der Waals surface area contributed by atoms with Crippen molar-refractivity contribution in [1.29, 1.82) is 0 Å². The van der Waals surface area contributed by atoms with E-state index in [0.29, 0.717) is 18.0 Å². The van der Waals surface area contributed by atoms with Crippen molar-refractivity contribution in [2.24, 2.45) is 5.73 Å². The molecule has 1 fully saturated rings. The van der Waals surface area contributed by atoms with Crippen molar-refractivity contribution in [3.8, 4) is 0 Å². The van der Waals surface area contributed by atoms with Gasteiger partial charge in [-0.3, -0.25) is 4.90 Å². The quantitative estimate of drug-likeness (QED) is 0.920. The van der Waals surface area contributed by atoms with Gasteiger partial charge >= 0.3 is 0 Å². The molecule has 0 aromatic heterocycles. The minimum atomic E-state index is -2.99. The third-order valence-corrected chi connectivity index (χ3v) is 6.58. The van der Waals surface area contributed by atoms with Crippen molar-refractivity contribution in [1.82, 2.24) is 4.90 Å². The third-order valence-electron chi connectivity index (χ3n) is 4.43. The Balaban J connectivity index is 2.30. The van der Waals surface area contributed by atoms with E-state index in [4.69, 9.17) is 17.3 Å². The highest BCUT2D eigenvalue weighted by Gasteiger charge is 2.45. The number of hydrogen-bond acceptors (Lipinski definition) is 4. The Morgan fingerprint density at radius 3 is 2.60 bits per heavy atom. The van der Waals surface area contributed by atoms with Gasteiger partial charge in [-0.25, -0.2) is 8.42 Å². The first-order chi connectivity index (χ1) is 9.31. The Labute approximate surface area is 125 Å². The highest BCUT2D eigenvalue weighted by Crippen LogP contribution is 2.36. The molecule has 0 bridgehead atoms. The summed E-state index contributed by atoms with van der Waals surface area (Å²) in [6, 6.07) is 7.66. The van der Waals surface area contributed by atoms with Crippen LogP contribution in [-0.2, 0) is 9.84 Å². The Morgan fingerprint density at radius 2 is 2.10 bits per heavy atom. The van der Waals surface area contributed by atoms with Crippen LogP contribution in [0.15, 0.2) is 24.3 Å². The second-order valence-electron chi connectivity index (χ2n) is 5.58. The van der Waals surface area contributed by atoms with Gasteiger partial charge in [0.05, 0.1) is 11.5 Å². The molecule has 1 aromatic rings. The first-order valence-corrected chi connectivity index (χ1v) is 8.89. The largest absolute Gasteiger partial charge is 0.329 e. The maximum absolute atomic E-state index is 11.8. The van der Waals surface area contributed by atoms with Crippen LogP contribution in [0.3, 0.4) is 0 Å². The van der Waals surface area contributed by atoms with Crippen LogP contribution in [0.4, 0.5) is 0 Å². The lowest BCUT2D eigenvalue weighted by atomic mass is 9.93. The fourth-order valence-corrected chi connectivity index (χ4v) is 5.33. The van der Waals surface area contributed by atoms with E-state index in [1.54, 1.807) is 0 Å². The third kappa shape index (κ3) is 2.86. The van der Waals surface area contributed by atoms with Crippen LogP contribution in [0.2, 0.25) is 5.02 Å². The number of halogens is 1. The molecule has 1 heterocycles. The molecule has 20 heavy (non-hydrogen) atoms. The van der Waals surface area contributed by atoms with Crippen LogP contribution in [0, 0.1) is 0 Å². The summed E-state index contributed by atoms with van der Waals surface area (Å²) in [6.45, 7) is 2.36. The average molecular weight is 317 g/mol.